The van der Waals surface area contributed by atoms with Crippen LogP contribution >= 0.6 is 0 Å². The highest BCUT2D eigenvalue weighted by atomic mass is 16.5. The summed E-state index contributed by atoms with van der Waals surface area (Å²) in [5.74, 6) is 0.180. The van der Waals surface area contributed by atoms with Gasteiger partial charge in [-0.05, 0) is 75.4 Å². The molecule has 2 heterocycles. The molecule has 1 amide bonds. The molecule has 3 aromatic rings. The van der Waals surface area contributed by atoms with Crippen LogP contribution in [0.2, 0.25) is 0 Å². The molecule has 2 aromatic carbocycles. The number of carbonyl (C=O) groups excluding carboxylic acids is 1. The van der Waals surface area contributed by atoms with E-state index < -0.39 is 0 Å². The van der Waals surface area contributed by atoms with E-state index in [2.05, 4.69) is 77.6 Å². The lowest BCUT2D eigenvalue weighted by Crippen LogP contribution is -2.47. The van der Waals surface area contributed by atoms with E-state index in [1.54, 1.807) is 6.92 Å². The number of hydrogen-bond acceptors (Lipinski definition) is 6. The molecule has 0 spiro atoms. The number of nitrogen functional groups attached to an aromatic ring is 1. The fourth-order valence-corrected chi connectivity index (χ4v) is 4.92. The highest BCUT2D eigenvalue weighted by molar-refractivity contribution is 5.93. The van der Waals surface area contributed by atoms with E-state index in [9.17, 15) is 10.1 Å². The number of rotatable bonds is 8. The number of piperidine rings is 1. The molecule has 4 rings (SSSR count). The first-order chi connectivity index (χ1) is 17.8. The second-order valence-electron chi connectivity index (χ2n) is 9.96. The molecular formula is C30H35N5O2. The highest BCUT2D eigenvalue weighted by Gasteiger charge is 2.32. The van der Waals surface area contributed by atoms with Crippen molar-refractivity contribution in [2.75, 3.05) is 32.0 Å². The van der Waals surface area contributed by atoms with Crippen LogP contribution in [0.1, 0.15) is 55.2 Å². The van der Waals surface area contributed by atoms with Crippen molar-refractivity contribution in [2.45, 2.75) is 39.2 Å². The third-order valence-electron chi connectivity index (χ3n) is 7.30. The monoisotopic (exact) mass is 497 g/mol. The molecule has 0 bridgehead atoms. The van der Waals surface area contributed by atoms with Crippen LogP contribution in [0.25, 0.3) is 11.1 Å². The molecule has 7 nitrogen and oxygen atoms in total. The molecule has 1 aromatic heterocycles. The second-order valence-corrected chi connectivity index (χ2v) is 9.96. The summed E-state index contributed by atoms with van der Waals surface area (Å²) in [6.45, 7) is 9.18. The van der Waals surface area contributed by atoms with Crippen LogP contribution < -0.4 is 15.8 Å². The molecule has 0 saturated carbocycles. The molecular weight excluding hydrogens is 462 g/mol. The number of hydrogen-bond donors (Lipinski definition) is 2. The average Bonchev–Trinajstić information content (AvgIpc) is 2.92. The lowest BCUT2D eigenvalue weighted by atomic mass is 9.87. The van der Waals surface area contributed by atoms with Crippen molar-refractivity contribution in [3.63, 3.8) is 0 Å². The summed E-state index contributed by atoms with van der Waals surface area (Å²) >= 11 is 0. The van der Waals surface area contributed by atoms with Gasteiger partial charge < -0.3 is 15.8 Å². The van der Waals surface area contributed by atoms with Gasteiger partial charge in [-0.25, -0.2) is 4.98 Å². The Kier molecular flexibility index (Phi) is 8.10. The van der Waals surface area contributed by atoms with E-state index in [1.807, 2.05) is 12.1 Å². The molecule has 0 unspecified atom stereocenters. The molecule has 1 aliphatic rings. The molecule has 37 heavy (non-hydrogen) atoms. The zero-order valence-electron chi connectivity index (χ0n) is 21.8. The van der Waals surface area contributed by atoms with Gasteiger partial charge in [-0.3, -0.25) is 9.69 Å². The number of likely N-dealkylation sites (tertiary alicyclic amines) is 1. The smallest absolute Gasteiger partial charge is 0.270 e. The number of nitrogens with two attached hydrogens (primary N) is 1. The summed E-state index contributed by atoms with van der Waals surface area (Å²) in [5, 5.41) is 12.3. The number of amides is 1. The van der Waals surface area contributed by atoms with Gasteiger partial charge in [-0.2, -0.15) is 5.26 Å². The normalized spacial score (nSPS) is 14.6. The van der Waals surface area contributed by atoms with Crippen LogP contribution in [0.3, 0.4) is 0 Å². The maximum Gasteiger partial charge on any atom is 0.270 e. The predicted molar refractivity (Wildman–Crippen MR) is 146 cm³/mol. The third-order valence-corrected chi connectivity index (χ3v) is 7.30. The minimum absolute atomic E-state index is 0.0803. The van der Waals surface area contributed by atoms with Gasteiger partial charge in [0.05, 0.1) is 12.3 Å². The first-order valence-corrected chi connectivity index (χ1v) is 12.9. The first-order valence-electron chi connectivity index (χ1n) is 12.9. The Labute approximate surface area is 219 Å². The van der Waals surface area contributed by atoms with Gasteiger partial charge in [0.1, 0.15) is 17.3 Å². The Morgan fingerprint density at radius 1 is 1.14 bits per heavy atom. The molecule has 1 fully saturated rings. The number of pyridine rings is 1. The Hall–Kier alpha value is -3.89. The van der Waals surface area contributed by atoms with E-state index in [1.165, 1.54) is 22.8 Å². The highest BCUT2D eigenvalue weighted by Crippen LogP contribution is 2.33. The second kappa shape index (κ2) is 11.4. The Morgan fingerprint density at radius 3 is 2.41 bits per heavy atom. The lowest BCUT2D eigenvalue weighted by molar-refractivity contribution is 0.0707. The number of ether oxygens (including phenoxy) is 1. The van der Waals surface area contributed by atoms with Crippen LogP contribution in [0.4, 0.5) is 5.69 Å². The lowest BCUT2D eigenvalue weighted by Gasteiger charge is -2.43. The van der Waals surface area contributed by atoms with Gasteiger partial charge in [-0.15, -0.1) is 0 Å². The number of nitriles is 1. The van der Waals surface area contributed by atoms with Crippen molar-refractivity contribution in [1.29, 1.82) is 5.26 Å². The van der Waals surface area contributed by atoms with E-state index in [-0.39, 0.29) is 34.3 Å². The van der Waals surface area contributed by atoms with Gasteiger partial charge in [0.25, 0.3) is 5.91 Å². The molecule has 0 radical (unpaired) electrons. The summed E-state index contributed by atoms with van der Waals surface area (Å²) in [6, 6.07) is 22.7. The van der Waals surface area contributed by atoms with E-state index >= 15 is 0 Å². The van der Waals surface area contributed by atoms with Gasteiger partial charge in [0.2, 0.25) is 5.88 Å². The van der Waals surface area contributed by atoms with Crippen molar-refractivity contribution in [3.8, 4) is 23.1 Å². The van der Waals surface area contributed by atoms with Crippen molar-refractivity contribution in [3.05, 3.63) is 77.5 Å². The number of benzene rings is 2. The number of nitrogens with one attached hydrogen (secondary N) is 1. The number of nitrogens with zero attached hydrogens (tertiary/aromatic N) is 3. The van der Waals surface area contributed by atoms with Crippen molar-refractivity contribution in [1.82, 2.24) is 15.2 Å². The maximum absolute atomic E-state index is 12.8. The van der Waals surface area contributed by atoms with Crippen LogP contribution in [0.15, 0.2) is 60.7 Å². The summed E-state index contributed by atoms with van der Waals surface area (Å²) in [6.07, 6.45) is 2.00. The zero-order valence-corrected chi connectivity index (χ0v) is 21.8. The first kappa shape index (κ1) is 26.2. The Morgan fingerprint density at radius 2 is 1.78 bits per heavy atom. The maximum atomic E-state index is 12.8. The summed E-state index contributed by atoms with van der Waals surface area (Å²) in [5.41, 5.74) is 10.1. The van der Waals surface area contributed by atoms with Crippen LogP contribution in [0.5, 0.6) is 5.88 Å². The fourth-order valence-electron chi connectivity index (χ4n) is 4.92. The van der Waals surface area contributed by atoms with Crippen molar-refractivity contribution < 1.29 is 9.53 Å². The average molecular weight is 498 g/mol. The van der Waals surface area contributed by atoms with E-state index in [4.69, 9.17) is 10.5 Å². The van der Waals surface area contributed by atoms with Crippen LogP contribution in [0, 0.1) is 17.2 Å². The third kappa shape index (κ3) is 5.92. The largest absolute Gasteiger partial charge is 0.477 e. The molecule has 0 atom stereocenters. The molecule has 1 aliphatic heterocycles. The van der Waals surface area contributed by atoms with Crippen molar-refractivity contribution >= 4 is 11.6 Å². The number of aromatic nitrogens is 1. The molecule has 0 aliphatic carbocycles. The number of carbonyl (C=O) groups is 1. The minimum atomic E-state index is -0.307. The zero-order chi connectivity index (χ0) is 26.4. The van der Waals surface area contributed by atoms with Crippen LogP contribution in [-0.2, 0) is 5.54 Å². The van der Waals surface area contributed by atoms with E-state index in [0.717, 1.165) is 25.9 Å². The summed E-state index contributed by atoms with van der Waals surface area (Å²) in [7, 11) is 0. The van der Waals surface area contributed by atoms with Crippen molar-refractivity contribution in [2.24, 2.45) is 5.92 Å². The number of anilines is 1. The van der Waals surface area contributed by atoms with E-state index in [0.29, 0.717) is 19.1 Å². The van der Waals surface area contributed by atoms with Crippen LogP contribution in [-0.4, -0.2) is 42.0 Å². The fraction of sp³-hybridized carbons (Fsp3) is 0.367. The quantitative estimate of drug-likeness (QED) is 0.455. The molecule has 7 heteroatoms. The predicted octanol–water partition coefficient (Wildman–Crippen LogP) is 4.98. The summed E-state index contributed by atoms with van der Waals surface area (Å²) < 4.78 is 5.40. The Balaban J connectivity index is 1.32. The van der Waals surface area contributed by atoms with Gasteiger partial charge in [0, 0.05) is 12.1 Å². The van der Waals surface area contributed by atoms with Gasteiger partial charge in [-0.1, -0.05) is 54.6 Å². The minimum Gasteiger partial charge on any atom is -0.477 e. The van der Waals surface area contributed by atoms with Gasteiger partial charge in [0.15, 0.2) is 0 Å². The standard InChI is InChI=1S/C30H35N5O2/c1-4-37-29-25(19-31)26(32)18-27(34-29)28(36)33-20-21-14-16-35(17-15-21)30(2,3)24-12-10-23(11-13-24)22-8-6-5-7-9-22/h5-13,18,21H,4,14-17,20H2,1-3H3,(H2,32,34)(H,33,36). The summed E-state index contributed by atoms with van der Waals surface area (Å²) in [4.78, 5) is 19.5. The Bertz CT molecular complexity index is 1260. The molecule has 1 saturated heterocycles. The topological polar surface area (TPSA) is 104 Å². The molecule has 3 N–H and O–H groups in total. The molecule has 192 valence electrons. The van der Waals surface area contributed by atoms with Gasteiger partial charge >= 0.3 is 0 Å². The SMILES string of the molecule is CCOc1nc(C(=O)NCC2CCN(C(C)(C)c3ccc(-c4ccccc4)cc3)CC2)cc(N)c1C#N.